The maximum atomic E-state index is 13.2. The van der Waals surface area contributed by atoms with E-state index in [-0.39, 0.29) is 21.0 Å². The molecule has 1 radical (unpaired) electrons. The Hall–Kier alpha value is -2.55. The molecule has 3 heterocycles. The van der Waals surface area contributed by atoms with E-state index < -0.39 is 26.8 Å². The highest BCUT2D eigenvalue weighted by Crippen LogP contribution is 2.44. The number of nitrogens with zero attached hydrogens (tertiary/aromatic N) is 4. The van der Waals surface area contributed by atoms with Crippen LogP contribution in [0, 0.1) is 0 Å². The summed E-state index contributed by atoms with van der Waals surface area (Å²) < 4.78 is 34.9. The van der Waals surface area contributed by atoms with Gasteiger partial charge in [0.15, 0.2) is 0 Å². The van der Waals surface area contributed by atoms with Crippen molar-refractivity contribution >= 4 is 45.2 Å². The van der Waals surface area contributed by atoms with Crippen molar-refractivity contribution in [2.75, 3.05) is 13.7 Å². The predicted molar refractivity (Wildman–Crippen MR) is 119 cm³/mol. The molecule has 4 rings (SSSR count). The van der Waals surface area contributed by atoms with E-state index >= 15 is 0 Å². The summed E-state index contributed by atoms with van der Waals surface area (Å²) in [4.78, 5) is 39.4. The second kappa shape index (κ2) is 8.43. The fourth-order valence-electron chi connectivity index (χ4n) is 3.37. The third-order valence-electron chi connectivity index (χ3n) is 5.42. The van der Waals surface area contributed by atoms with Gasteiger partial charge in [-0.15, -0.1) is 11.3 Å². The second-order valence-electron chi connectivity index (χ2n) is 7.82. The third-order valence-corrected chi connectivity index (χ3v) is 8.85. The van der Waals surface area contributed by atoms with Crippen molar-refractivity contribution < 1.29 is 17.9 Å². The first kappa shape index (κ1) is 22.6. The van der Waals surface area contributed by atoms with Gasteiger partial charge in [-0.3, -0.25) is 19.0 Å². The van der Waals surface area contributed by atoms with Gasteiger partial charge >= 0.3 is 13.1 Å². The molecule has 1 N–H and O–H groups in total. The van der Waals surface area contributed by atoms with Gasteiger partial charge in [0, 0.05) is 24.4 Å². The summed E-state index contributed by atoms with van der Waals surface area (Å²) in [5.74, 6) is 0. The molecule has 0 amide bonds. The Morgan fingerprint density at radius 1 is 1.41 bits per heavy atom. The van der Waals surface area contributed by atoms with Crippen LogP contribution in [0.1, 0.15) is 25.3 Å². The van der Waals surface area contributed by atoms with Crippen LogP contribution < -0.4 is 11.2 Å². The number of aromatic nitrogens is 4. The first-order valence-electron chi connectivity index (χ1n) is 9.80. The number of thiophene rings is 1. The minimum Gasteiger partial charge on any atom is -0.383 e. The smallest absolute Gasteiger partial charge is 0.329 e. The molecule has 32 heavy (non-hydrogen) atoms. The first-order chi connectivity index (χ1) is 15.2. The molecule has 3 aromatic heterocycles. The normalized spacial score (nSPS) is 15.3. The SMILES string of the molecule is COCCn1cc(Cn2c(=O)[nH]c3sc(S(=O)(=O)N([B]C=O)C4(C)CC4)cc3c2=O)cn1. The lowest BCUT2D eigenvalue weighted by Crippen LogP contribution is -2.43. The lowest BCUT2D eigenvalue weighted by atomic mass is 9.96. The summed E-state index contributed by atoms with van der Waals surface area (Å²) in [6, 6.07) is 1.25. The Morgan fingerprint density at radius 3 is 2.81 bits per heavy atom. The maximum Gasteiger partial charge on any atom is 0.329 e. The number of fused-ring (bicyclic) bond motifs is 1. The Balaban J connectivity index is 1.70. The molecule has 169 valence electrons. The van der Waals surface area contributed by atoms with E-state index in [0.717, 1.165) is 27.5 Å². The van der Waals surface area contributed by atoms with E-state index in [1.807, 2.05) is 0 Å². The van der Waals surface area contributed by atoms with Crippen molar-refractivity contribution in [2.45, 2.75) is 42.6 Å². The van der Waals surface area contributed by atoms with Crippen molar-refractivity contribution in [2.24, 2.45) is 0 Å². The van der Waals surface area contributed by atoms with Crippen LogP contribution in [0.4, 0.5) is 0 Å². The quantitative estimate of drug-likeness (QED) is 0.320. The average Bonchev–Trinajstić information content (AvgIpc) is 3.15. The van der Waals surface area contributed by atoms with E-state index in [0.29, 0.717) is 37.7 Å². The first-order valence-corrected chi connectivity index (χ1v) is 12.1. The van der Waals surface area contributed by atoms with Crippen LogP contribution in [0.3, 0.4) is 0 Å². The lowest BCUT2D eigenvalue weighted by molar-refractivity contribution is 0.183. The van der Waals surface area contributed by atoms with Crippen LogP contribution in [0.15, 0.2) is 32.3 Å². The molecule has 0 aliphatic heterocycles. The number of nitrogens with one attached hydrogen (secondary N) is 1. The van der Waals surface area contributed by atoms with Crippen LogP contribution >= 0.6 is 11.3 Å². The molecular formula is C18H21BN5O6S2. The number of rotatable bonds is 10. The van der Waals surface area contributed by atoms with Crippen molar-refractivity contribution in [3.8, 4) is 0 Å². The Labute approximate surface area is 187 Å². The van der Waals surface area contributed by atoms with Gasteiger partial charge in [-0.2, -0.15) is 5.10 Å². The van der Waals surface area contributed by atoms with Crippen molar-refractivity contribution in [3.05, 3.63) is 44.9 Å². The molecule has 3 aromatic rings. The molecule has 1 aliphatic carbocycles. The molecule has 1 fully saturated rings. The molecular weight excluding hydrogens is 457 g/mol. The zero-order chi connectivity index (χ0) is 23.1. The van der Waals surface area contributed by atoms with Gasteiger partial charge in [0.2, 0.25) is 10.0 Å². The van der Waals surface area contributed by atoms with E-state index in [1.54, 1.807) is 31.1 Å². The number of ether oxygens (including phenoxy) is 1. The molecule has 11 nitrogen and oxygen atoms in total. The summed E-state index contributed by atoms with van der Waals surface area (Å²) in [7, 11) is -1.48. The van der Waals surface area contributed by atoms with Crippen LogP contribution in [-0.2, 0) is 32.6 Å². The maximum absolute atomic E-state index is 13.2. The van der Waals surface area contributed by atoms with Gasteiger partial charge in [0.1, 0.15) is 9.04 Å². The number of methoxy groups -OCH3 is 1. The molecule has 0 bridgehead atoms. The zero-order valence-corrected chi connectivity index (χ0v) is 19.1. The summed E-state index contributed by atoms with van der Waals surface area (Å²) in [5, 5.41) is 4.26. The third kappa shape index (κ3) is 4.10. The molecule has 0 saturated heterocycles. The Kier molecular flexibility index (Phi) is 5.96. The number of carbonyl (C=O) groups excluding carboxylic acids is 1. The summed E-state index contributed by atoms with van der Waals surface area (Å²) >= 11 is 0.794. The highest BCUT2D eigenvalue weighted by Gasteiger charge is 2.49. The highest BCUT2D eigenvalue weighted by molar-refractivity contribution is 7.92. The van der Waals surface area contributed by atoms with E-state index in [2.05, 4.69) is 10.1 Å². The molecule has 0 atom stereocenters. The number of aromatic amines is 1. The van der Waals surface area contributed by atoms with Gasteiger partial charge < -0.3 is 9.53 Å². The van der Waals surface area contributed by atoms with Crippen LogP contribution in [-0.4, -0.2) is 64.8 Å². The number of carbonyl (C=O) groups is 1. The number of H-pyrrole nitrogens is 1. The van der Waals surface area contributed by atoms with Crippen molar-refractivity contribution in [3.63, 3.8) is 0 Å². The van der Waals surface area contributed by atoms with Gasteiger partial charge in [0.25, 0.3) is 5.56 Å². The molecule has 0 spiro atoms. The van der Waals surface area contributed by atoms with Gasteiger partial charge in [-0.1, -0.05) is 0 Å². The minimum absolute atomic E-state index is 0.0157. The van der Waals surface area contributed by atoms with Crippen LogP contribution in [0.2, 0.25) is 0 Å². The number of hydrogen-bond acceptors (Lipinski definition) is 8. The molecule has 14 heteroatoms. The molecule has 1 aliphatic rings. The monoisotopic (exact) mass is 478 g/mol. The molecule has 0 aromatic carbocycles. The number of hydrogen-bond donors (Lipinski definition) is 1. The second-order valence-corrected chi connectivity index (χ2v) is 10.9. The van der Waals surface area contributed by atoms with E-state index in [1.165, 1.54) is 6.07 Å². The fraction of sp³-hybridized carbons (Fsp3) is 0.444. The van der Waals surface area contributed by atoms with E-state index in [9.17, 15) is 22.8 Å². The van der Waals surface area contributed by atoms with Gasteiger partial charge in [-0.25, -0.2) is 17.4 Å². The lowest BCUT2D eigenvalue weighted by Gasteiger charge is -2.25. The minimum atomic E-state index is -4.06. The topological polar surface area (TPSA) is 136 Å². The zero-order valence-electron chi connectivity index (χ0n) is 17.5. The molecule has 0 unspecified atom stereocenters. The standard InChI is InChI=1S/C18H21BN5O6S2/c1-18(3-4-18)24(19-11-25)32(28,29)14-7-13-15(31-14)21-17(27)23(16(13)26)10-12-8-20-22(9-12)5-6-30-2/h7-9,11H,3-6,10H2,1-2H3,(H,21,27). The average molecular weight is 478 g/mol. The highest BCUT2D eigenvalue weighted by atomic mass is 32.2. The van der Waals surface area contributed by atoms with Gasteiger partial charge in [-0.05, 0) is 25.8 Å². The van der Waals surface area contributed by atoms with Gasteiger partial charge in [0.05, 0.1) is 37.5 Å². The van der Waals surface area contributed by atoms with E-state index in [4.69, 9.17) is 4.74 Å². The Morgan fingerprint density at radius 2 is 2.16 bits per heavy atom. The van der Waals surface area contributed by atoms with Crippen LogP contribution in [0.5, 0.6) is 0 Å². The Bertz CT molecular complexity index is 1380. The van der Waals surface area contributed by atoms with Crippen molar-refractivity contribution in [1.29, 1.82) is 0 Å². The summed E-state index contributed by atoms with van der Waals surface area (Å²) in [6.45, 7) is 2.73. The molecule has 1 saturated carbocycles. The van der Waals surface area contributed by atoms with Crippen LogP contribution in [0.25, 0.3) is 10.2 Å². The predicted octanol–water partition coefficient (Wildman–Crippen LogP) is -0.00490. The number of sulfonamides is 1. The van der Waals surface area contributed by atoms with Crippen molar-refractivity contribution in [1.82, 2.24) is 23.5 Å². The summed E-state index contributed by atoms with van der Waals surface area (Å²) in [6.07, 6.45) is 4.95. The fourth-order valence-corrected chi connectivity index (χ4v) is 6.49. The summed E-state index contributed by atoms with van der Waals surface area (Å²) in [5.41, 5.74) is -1.27. The largest absolute Gasteiger partial charge is 0.383 e.